The molecular weight excluding hydrogens is 687 g/mol. The van der Waals surface area contributed by atoms with E-state index in [1.54, 1.807) is 0 Å². The lowest BCUT2D eigenvalue weighted by Gasteiger charge is -2.33. The van der Waals surface area contributed by atoms with Crippen LogP contribution in [0.3, 0.4) is 0 Å². The van der Waals surface area contributed by atoms with E-state index in [2.05, 4.69) is 175 Å². The topological polar surface area (TPSA) is 16.4 Å². The molecule has 4 aromatic carbocycles. The van der Waals surface area contributed by atoms with E-state index in [1.807, 2.05) is 11.3 Å². The number of nitrogens with zero attached hydrogens (tertiary/aromatic N) is 1. The molecule has 0 spiro atoms. The lowest BCUT2D eigenvalue weighted by Crippen LogP contribution is -2.25. The normalized spacial score (nSPS) is 21.1. The fraction of sp³-hybridized carbons (Fsp3) is 0.154. The summed E-state index contributed by atoms with van der Waals surface area (Å²) in [5, 5.41) is 4.03. The van der Waals surface area contributed by atoms with Crippen molar-refractivity contribution in [2.24, 2.45) is 11.8 Å². The molecule has 3 atom stereocenters. The maximum absolute atomic E-state index is 6.29. The average Bonchev–Trinajstić information content (AvgIpc) is 3.84. The molecule has 2 aromatic heterocycles. The molecule has 5 aliphatic carbocycles. The number of benzene rings is 4. The first kappa shape index (κ1) is 32.5. The van der Waals surface area contributed by atoms with Gasteiger partial charge in [0.2, 0.25) is 0 Å². The zero-order valence-electron chi connectivity index (χ0n) is 30.7. The molecule has 3 heteroatoms. The van der Waals surface area contributed by atoms with Gasteiger partial charge in [-0.2, -0.15) is 0 Å². The first-order chi connectivity index (χ1) is 27.3. The van der Waals surface area contributed by atoms with Crippen LogP contribution in [0.25, 0.3) is 44.4 Å². The molecule has 0 fully saturated rings. The van der Waals surface area contributed by atoms with Crippen LogP contribution in [0.15, 0.2) is 174 Å². The van der Waals surface area contributed by atoms with E-state index in [9.17, 15) is 0 Å². The molecule has 11 rings (SSSR count). The Hall–Kier alpha value is -5.90. The van der Waals surface area contributed by atoms with Crippen molar-refractivity contribution < 1.29 is 4.42 Å². The highest BCUT2D eigenvalue weighted by Gasteiger charge is 2.31. The number of anilines is 2. The van der Waals surface area contributed by atoms with Gasteiger partial charge in [0.05, 0.1) is 5.69 Å². The predicted molar refractivity (Wildman–Crippen MR) is 233 cm³/mol. The van der Waals surface area contributed by atoms with Gasteiger partial charge in [-0.1, -0.05) is 127 Å². The Morgan fingerprint density at radius 2 is 1.56 bits per heavy atom. The van der Waals surface area contributed by atoms with Crippen LogP contribution in [0.5, 0.6) is 0 Å². The van der Waals surface area contributed by atoms with Crippen LogP contribution < -0.4 is 14.7 Å². The summed E-state index contributed by atoms with van der Waals surface area (Å²) >= 11 is 1.94. The standard InChI is InChI=1S/C52H41NOS/c1-2-11-35(12-3-1)41-13-4-7-18-47(41)53(40-30-25-36(26-31-40)42-16-10-17-44-43-14-6-9-20-50(43)55-52(42)44)39-28-23-34(24-29-39)38-22-21-37-27-32-49-51(46(37)33-38)45-15-5-8-19-48(45)54-49/h1-2,4-9,11,13-15,17-23,25-34,37,46H,3,10,12,16,24H2. The van der Waals surface area contributed by atoms with Crippen LogP contribution in [0.2, 0.25) is 0 Å². The summed E-state index contributed by atoms with van der Waals surface area (Å²) in [6, 6.07) is 35.7. The molecule has 6 aromatic rings. The number of allylic oxidation sites excluding steroid dienone is 12. The molecule has 5 aliphatic rings. The second-order valence-corrected chi connectivity index (χ2v) is 16.4. The van der Waals surface area contributed by atoms with E-state index in [4.69, 9.17) is 4.42 Å². The van der Waals surface area contributed by atoms with Crippen molar-refractivity contribution in [2.75, 3.05) is 4.90 Å². The first-order valence-electron chi connectivity index (χ1n) is 19.8. The SMILES string of the molecule is C1=CCCC(c2ccccc2N(C2=CCC(C3=CC4c5c(oc6ccccc56)C=CC4C=C3)C=C2)c2ccc(C3=c4sc5ccccc5c4=CCC3)cc2)=C1. The van der Waals surface area contributed by atoms with Crippen LogP contribution in [0.4, 0.5) is 11.4 Å². The van der Waals surface area contributed by atoms with Crippen molar-refractivity contribution in [1.82, 2.24) is 0 Å². The zero-order chi connectivity index (χ0) is 36.3. The number of thiophene rings is 1. The quantitative estimate of drug-likeness (QED) is 0.170. The van der Waals surface area contributed by atoms with Crippen molar-refractivity contribution in [3.63, 3.8) is 0 Å². The number of rotatable bonds is 6. The maximum Gasteiger partial charge on any atom is 0.135 e. The second-order valence-electron chi connectivity index (χ2n) is 15.3. The van der Waals surface area contributed by atoms with Crippen molar-refractivity contribution in [3.05, 3.63) is 201 Å². The minimum atomic E-state index is 0.283. The molecule has 0 N–H and O–H groups in total. The highest BCUT2D eigenvalue weighted by Crippen LogP contribution is 2.46. The minimum absolute atomic E-state index is 0.283. The van der Waals surface area contributed by atoms with Crippen molar-refractivity contribution in [1.29, 1.82) is 0 Å². The van der Waals surface area contributed by atoms with Crippen molar-refractivity contribution >= 4 is 67.1 Å². The van der Waals surface area contributed by atoms with Gasteiger partial charge in [-0.05, 0) is 107 Å². The minimum Gasteiger partial charge on any atom is -0.456 e. The maximum atomic E-state index is 6.29. The Kier molecular flexibility index (Phi) is 7.95. The second kappa shape index (κ2) is 13.4. The lowest BCUT2D eigenvalue weighted by molar-refractivity contribution is 0.575. The summed E-state index contributed by atoms with van der Waals surface area (Å²) in [6.07, 6.45) is 33.5. The Morgan fingerprint density at radius 3 is 2.44 bits per heavy atom. The summed E-state index contributed by atoms with van der Waals surface area (Å²) < 4.78 is 9.10. The van der Waals surface area contributed by atoms with Gasteiger partial charge in [0.1, 0.15) is 11.3 Å². The summed E-state index contributed by atoms with van der Waals surface area (Å²) in [4.78, 5) is 2.49. The molecule has 2 nitrogen and oxygen atoms in total. The summed E-state index contributed by atoms with van der Waals surface area (Å²) in [5.74, 6) is 1.95. The average molecular weight is 728 g/mol. The van der Waals surface area contributed by atoms with Crippen LogP contribution in [0, 0.1) is 11.8 Å². The molecule has 55 heavy (non-hydrogen) atoms. The van der Waals surface area contributed by atoms with E-state index >= 15 is 0 Å². The van der Waals surface area contributed by atoms with Gasteiger partial charge in [0, 0.05) is 54.9 Å². The van der Waals surface area contributed by atoms with Crippen LogP contribution in [-0.2, 0) is 0 Å². The summed E-state index contributed by atoms with van der Waals surface area (Å²) in [5.41, 5.74) is 12.8. The Morgan fingerprint density at radius 1 is 0.727 bits per heavy atom. The third-order valence-corrected chi connectivity index (χ3v) is 13.4. The van der Waals surface area contributed by atoms with Gasteiger partial charge in [-0.15, -0.1) is 11.3 Å². The molecule has 0 radical (unpaired) electrons. The molecule has 0 saturated heterocycles. The Bertz CT molecular complexity index is 2860. The Labute approximate surface area is 326 Å². The van der Waals surface area contributed by atoms with Crippen molar-refractivity contribution in [2.45, 2.75) is 38.0 Å². The molecule has 3 unspecified atom stereocenters. The summed E-state index contributed by atoms with van der Waals surface area (Å²) in [7, 11) is 0. The van der Waals surface area contributed by atoms with Crippen LogP contribution in [-0.4, -0.2) is 0 Å². The predicted octanol–water partition coefficient (Wildman–Crippen LogP) is 12.7. The molecule has 0 aliphatic heterocycles. The van der Waals surface area contributed by atoms with Gasteiger partial charge in [0.15, 0.2) is 0 Å². The summed E-state index contributed by atoms with van der Waals surface area (Å²) in [6.45, 7) is 0. The van der Waals surface area contributed by atoms with Crippen LogP contribution in [0.1, 0.15) is 60.5 Å². The Balaban J connectivity index is 0.958. The van der Waals surface area contributed by atoms with Gasteiger partial charge in [-0.3, -0.25) is 0 Å². The number of para-hydroxylation sites is 2. The smallest absolute Gasteiger partial charge is 0.135 e. The molecule has 2 heterocycles. The number of hydrogen-bond acceptors (Lipinski definition) is 3. The van der Waals surface area contributed by atoms with Gasteiger partial charge in [-0.25, -0.2) is 0 Å². The van der Waals surface area contributed by atoms with E-state index in [-0.39, 0.29) is 5.92 Å². The molecular formula is C52H41NOS. The van der Waals surface area contributed by atoms with E-state index in [0.29, 0.717) is 11.8 Å². The van der Waals surface area contributed by atoms with Gasteiger partial charge >= 0.3 is 0 Å². The van der Waals surface area contributed by atoms with E-state index < -0.39 is 0 Å². The third kappa shape index (κ3) is 5.60. The first-order valence-corrected chi connectivity index (χ1v) is 20.6. The van der Waals surface area contributed by atoms with Gasteiger partial charge < -0.3 is 9.32 Å². The third-order valence-electron chi connectivity index (χ3n) is 12.2. The monoisotopic (exact) mass is 727 g/mol. The van der Waals surface area contributed by atoms with E-state index in [1.165, 1.54) is 75.7 Å². The lowest BCUT2D eigenvalue weighted by atomic mass is 9.74. The van der Waals surface area contributed by atoms with E-state index in [0.717, 1.165) is 43.4 Å². The van der Waals surface area contributed by atoms with Crippen molar-refractivity contribution in [3.8, 4) is 0 Å². The molecule has 0 saturated carbocycles. The number of hydrogen-bond donors (Lipinski definition) is 0. The number of fused-ring (bicyclic) bond motifs is 8. The highest BCUT2D eigenvalue weighted by molar-refractivity contribution is 7.17. The molecule has 266 valence electrons. The van der Waals surface area contributed by atoms with Crippen LogP contribution >= 0.6 is 11.3 Å². The molecule has 0 amide bonds. The fourth-order valence-corrected chi connectivity index (χ4v) is 10.7. The molecule has 0 bridgehead atoms. The van der Waals surface area contributed by atoms with Gasteiger partial charge in [0.25, 0.3) is 0 Å². The number of furan rings is 1. The fourth-order valence-electron chi connectivity index (χ4n) is 9.44. The largest absolute Gasteiger partial charge is 0.456 e. The zero-order valence-corrected chi connectivity index (χ0v) is 31.5. The highest BCUT2D eigenvalue weighted by atomic mass is 32.1.